The van der Waals surface area contributed by atoms with E-state index in [2.05, 4.69) is 153 Å². The number of benzene rings is 4. The van der Waals surface area contributed by atoms with Crippen molar-refractivity contribution in [3.05, 3.63) is 149 Å². The lowest BCUT2D eigenvalue weighted by Crippen LogP contribution is -2.52. The SMILES string of the molecule is CCC1(CC)C(=C2CC3N(c4ccccc4)c4nccnc4N3c3cc(Br)ccc32)C2N(c3ccccc3)c3nccnc3N2c2ccccc21. The molecule has 2 atom stereocenters. The highest BCUT2D eigenvalue weighted by Gasteiger charge is 2.56. The number of halogens is 1. The third-order valence-corrected chi connectivity index (χ3v) is 11.8. The fourth-order valence-corrected chi connectivity index (χ4v) is 9.56. The van der Waals surface area contributed by atoms with E-state index in [1.807, 2.05) is 12.4 Å². The van der Waals surface area contributed by atoms with Crippen LogP contribution in [0.3, 0.4) is 0 Å². The van der Waals surface area contributed by atoms with Gasteiger partial charge in [-0.25, -0.2) is 19.9 Å². The maximum atomic E-state index is 5.05. The Morgan fingerprint density at radius 3 is 1.80 bits per heavy atom. The first kappa shape index (κ1) is 30.3. The van der Waals surface area contributed by atoms with Crippen LogP contribution in [-0.4, -0.2) is 32.3 Å². The van der Waals surface area contributed by atoms with Gasteiger partial charge in [0.2, 0.25) is 0 Å². The molecule has 51 heavy (non-hydrogen) atoms. The Morgan fingerprint density at radius 1 is 0.608 bits per heavy atom. The molecular weight excluding hydrogens is 696 g/mol. The lowest BCUT2D eigenvalue weighted by atomic mass is 9.63. The topological polar surface area (TPSA) is 64.5 Å². The van der Waals surface area contributed by atoms with Crippen molar-refractivity contribution in [2.45, 2.75) is 50.9 Å². The van der Waals surface area contributed by atoms with Crippen molar-refractivity contribution >= 4 is 67.5 Å². The van der Waals surface area contributed by atoms with E-state index in [-0.39, 0.29) is 17.7 Å². The molecule has 0 fully saturated rings. The molecule has 10 rings (SSSR count). The van der Waals surface area contributed by atoms with E-state index < -0.39 is 0 Å². The zero-order valence-electron chi connectivity index (χ0n) is 28.4. The van der Waals surface area contributed by atoms with E-state index >= 15 is 0 Å². The smallest absolute Gasteiger partial charge is 0.178 e. The number of nitrogens with zero attached hydrogens (tertiary/aromatic N) is 8. The Balaban J connectivity index is 1.32. The first-order valence-corrected chi connectivity index (χ1v) is 18.5. The van der Waals surface area contributed by atoms with Crippen LogP contribution in [0.2, 0.25) is 0 Å². The van der Waals surface area contributed by atoms with Crippen LogP contribution in [-0.2, 0) is 5.41 Å². The molecule has 2 unspecified atom stereocenters. The van der Waals surface area contributed by atoms with Gasteiger partial charge in [0.05, 0.1) is 5.69 Å². The van der Waals surface area contributed by atoms with Gasteiger partial charge < -0.3 is 9.80 Å². The van der Waals surface area contributed by atoms with Gasteiger partial charge in [0.25, 0.3) is 0 Å². The highest BCUT2D eigenvalue weighted by molar-refractivity contribution is 9.10. The molecular formula is C42H35BrN8. The van der Waals surface area contributed by atoms with Gasteiger partial charge in [0, 0.05) is 63.7 Å². The van der Waals surface area contributed by atoms with Crippen LogP contribution in [0, 0.1) is 0 Å². The second-order valence-electron chi connectivity index (χ2n) is 13.5. The van der Waals surface area contributed by atoms with Crippen molar-refractivity contribution in [3.63, 3.8) is 0 Å². The summed E-state index contributed by atoms with van der Waals surface area (Å²) in [7, 11) is 0. The molecule has 0 N–H and O–H groups in total. The van der Waals surface area contributed by atoms with E-state index in [9.17, 15) is 0 Å². The first-order valence-electron chi connectivity index (χ1n) is 17.7. The van der Waals surface area contributed by atoms with E-state index in [1.165, 1.54) is 28.0 Å². The summed E-state index contributed by atoms with van der Waals surface area (Å²) in [5, 5.41) is 0. The Bertz CT molecular complexity index is 2340. The Labute approximate surface area is 305 Å². The number of hydrogen-bond acceptors (Lipinski definition) is 8. The normalized spacial score (nSPS) is 20.7. The Morgan fingerprint density at radius 2 is 1.16 bits per heavy atom. The Hall–Kier alpha value is -5.54. The zero-order chi connectivity index (χ0) is 34.3. The molecule has 0 bridgehead atoms. The number of rotatable bonds is 4. The lowest BCUT2D eigenvalue weighted by Gasteiger charge is -2.51. The minimum Gasteiger partial charge on any atom is -0.302 e. The second kappa shape index (κ2) is 11.5. The molecule has 4 aromatic carbocycles. The predicted octanol–water partition coefficient (Wildman–Crippen LogP) is 10.2. The molecule has 6 aromatic rings. The summed E-state index contributed by atoms with van der Waals surface area (Å²) in [5.41, 5.74) is 9.50. The molecule has 0 saturated heterocycles. The van der Waals surface area contributed by atoms with Gasteiger partial charge in [-0.05, 0) is 72.0 Å². The molecule has 0 radical (unpaired) electrons. The minimum absolute atomic E-state index is 0.0867. The van der Waals surface area contributed by atoms with Crippen molar-refractivity contribution in [1.82, 2.24) is 19.9 Å². The number of hydrogen-bond donors (Lipinski definition) is 0. The summed E-state index contributed by atoms with van der Waals surface area (Å²) >= 11 is 3.85. The maximum Gasteiger partial charge on any atom is 0.178 e. The molecule has 4 aliphatic heterocycles. The predicted molar refractivity (Wildman–Crippen MR) is 207 cm³/mol. The Kier molecular flexibility index (Phi) is 6.83. The van der Waals surface area contributed by atoms with Crippen molar-refractivity contribution in [1.29, 1.82) is 0 Å². The quantitative estimate of drug-likeness (QED) is 0.178. The number of anilines is 8. The molecule has 8 nitrogen and oxygen atoms in total. The summed E-state index contributed by atoms with van der Waals surface area (Å²) in [5.74, 6) is 3.48. The zero-order valence-corrected chi connectivity index (χ0v) is 29.9. The second-order valence-corrected chi connectivity index (χ2v) is 14.4. The molecule has 0 spiro atoms. The summed E-state index contributed by atoms with van der Waals surface area (Å²) in [6, 6.07) is 37.0. The number of fused-ring (bicyclic) bond motifs is 10. The van der Waals surface area contributed by atoms with Crippen LogP contribution >= 0.6 is 15.9 Å². The molecule has 0 aliphatic carbocycles. The highest BCUT2D eigenvalue weighted by Crippen LogP contribution is 2.62. The molecule has 0 saturated carbocycles. The van der Waals surface area contributed by atoms with E-state index in [4.69, 9.17) is 19.9 Å². The van der Waals surface area contributed by atoms with E-state index in [0.717, 1.165) is 64.1 Å². The summed E-state index contributed by atoms with van der Waals surface area (Å²) in [4.78, 5) is 29.7. The van der Waals surface area contributed by atoms with Gasteiger partial charge >= 0.3 is 0 Å². The largest absolute Gasteiger partial charge is 0.302 e. The average molecular weight is 732 g/mol. The van der Waals surface area contributed by atoms with Crippen LogP contribution < -0.4 is 19.6 Å². The third kappa shape index (κ3) is 4.18. The molecule has 0 amide bonds. The third-order valence-electron chi connectivity index (χ3n) is 11.3. The van der Waals surface area contributed by atoms with Crippen LogP contribution in [0.15, 0.2) is 138 Å². The number of aromatic nitrogens is 4. The van der Waals surface area contributed by atoms with E-state index in [1.54, 1.807) is 12.4 Å². The van der Waals surface area contributed by atoms with Gasteiger partial charge in [-0.1, -0.05) is 90.4 Å². The van der Waals surface area contributed by atoms with Crippen molar-refractivity contribution in [2.24, 2.45) is 0 Å². The maximum absolute atomic E-state index is 5.05. The minimum atomic E-state index is -0.270. The van der Waals surface area contributed by atoms with Crippen LogP contribution in [0.25, 0.3) is 5.57 Å². The highest BCUT2D eigenvalue weighted by atomic mass is 79.9. The fourth-order valence-electron chi connectivity index (χ4n) is 9.21. The van der Waals surface area contributed by atoms with E-state index in [0.29, 0.717) is 0 Å². The summed E-state index contributed by atoms with van der Waals surface area (Å²) in [6.45, 7) is 4.71. The standard InChI is InChI=1S/C42H35BrN8/c1-3-42(4-2)32-17-11-12-18-33(32)51-40-38(45-22-24-47-40)49(29-15-9-6-10-16-29)41(51)36(42)31-26-35-48(28-13-7-5-8-14-28)37-39(46-23-21-44-37)50(35)34-25-27(43)19-20-30(31)34/h5-25,35,41H,3-4,26H2,1-2H3. The van der Waals surface area contributed by atoms with Gasteiger partial charge in [-0.3, -0.25) is 9.80 Å². The van der Waals surface area contributed by atoms with Crippen LogP contribution in [0.5, 0.6) is 0 Å². The average Bonchev–Trinajstić information content (AvgIpc) is 3.71. The summed E-state index contributed by atoms with van der Waals surface area (Å²) < 4.78 is 1.02. The van der Waals surface area contributed by atoms with Crippen molar-refractivity contribution < 1.29 is 0 Å². The van der Waals surface area contributed by atoms with Crippen LogP contribution in [0.4, 0.5) is 46.0 Å². The van der Waals surface area contributed by atoms with Gasteiger partial charge in [-0.15, -0.1) is 0 Å². The molecule has 9 heteroatoms. The summed E-state index contributed by atoms with van der Waals surface area (Å²) in [6.07, 6.45) is 9.60. The van der Waals surface area contributed by atoms with Crippen LogP contribution in [0.1, 0.15) is 44.2 Å². The van der Waals surface area contributed by atoms with Gasteiger partial charge in [0.1, 0.15) is 12.3 Å². The first-order chi connectivity index (χ1) is 25.1. The van der Waals surface area contributed by atoms with Gasteiger partial charge in [0.15, 0.2) is 23.3 Å². The van der Waals surface area contributed by atoms with Gasteiger partial charge in [-0.2, -0.15) is 0 Å². The fraction of sp³-hybridized carbons (Fsp3) is 0.190. The van der Waals surface area contributed by atoms with Crippen molar-refractivity contribution in [3.8, 4) is 0 Å². The number of para-hydroxylation sites is 3. The molecule has 250 valence electrons. The molecule has 6 heterocycles. The lowest BCUT2D eigenvalue weighted by molar-refractivity contribution is 0.422. The van der Waals surface area contributed by atoms with Crippen molar-refractivity contribution in [2.75, 3.05) is 19.6 Å². The monoisotopic (exact) mass is 730 g/mol. The molecule has 2 aromatic heterocycles. The molecule has 4 aliphatic rings.